The van der Waals surface area contributed by atoms with E-state index in [0.717, 1.165) is 24.3 Å². The summed E-state index contributed by atoms with van der Waals surface area (Å²) >= 11 is 0. The van der Waals surface area contributed by atoms with E-state index < -0.39 is 6.16 Å². The van der Waals surface area contributed by atoms with Crippen molar-refractivity contribution in [3.63, 3.8) is 0 Å². The van der Waals surface area contributed by atoms with Crippen molar-refractivity contribution in [3.05, 3.63) is 29.8 Å². The van der Waals surface area contributed by atoms with E-state index in [-0.39, 0.29) is 18.3 Å². The molecule has 2 saturated heterocycles. The Bertz CT molecular complexity index is 613. The van der Waals surface area contributed by atoms with Gasteiger partial charge in [0.05, 0.1) is 6.54 Å². The molecule has 1 aromatic carbocycles. The van der Waals surface area contributed by atoms with Gasteiger partial charge in [0.25, 0.3) is 0 Å². The normalized spacial score (nSPS) is 22.0. The number of carbonyl (C=O) groups is 2. The van der Waals surface area contributed by atoms with Crippen molar-refractivity contribution in [1.82, 2.24) is 4.90 Å². The maximum Gasteiger partial charge on any atom is 0.506 e. The molecule has 0 spiro atoms. The highest BCUT2D eigenvalue weighted by atomic mass is 16.7. The molecule has 0 aromatic heterocycles. The molecule has 2 fully saturated rings. The zero-order valence-electron chi connectivity index (χ0n) is 14.0. The largest absolute Gasteiger partial charge is 0.506 e. The van der Waals surface area contributed by atoms with Crippen LogP contribution in [0.2, 0.25) is 0 Å². The first-order valence-corrected chi connectivity index (χ1v) is 8.44. The Morgan fingerprint density at radius 2 is 1.96 bits per heavy atom. The molecule has 0 bridgehead atoms. The third-order valence-corrected chi connectivity index (χ3v) is 4.62. The van der Waals surface area contributed by atoms with Crippen molar-refractivity contribution < 1.29 is 24.2 Å². The number of piperidine rings is 1. The Balaban J connectivity index is 1.50. The summed E-state index contributed by atoms with van der Waals surface area (Å²) in [6.45, 7) is 3.08. The van der Waals surface area contributed by atoms with Gasteiger partial charge in [-0.25, -0.2) is 9.59 Å². The zero-order valence-corrected chi connectivity index (χ0v) is 14.0. The van der Waals surface area contributed by atoms with E-state index in [2.05, 4.69) is 4.90 Å². The average Bonchev–Trinajstić information content (AvgIpc) is 2.96. The molecule has 1 atom stereocenters. The fourth-order valence-electron chi connectivity index (χ4n) is 3.28. The third kappa shape index (κ3) is 4.40. The van der Waals surface area contributed by atoms with Crippen molar-refractivity contribution in [2.45, 2.75) is 31.6 Å². The molecule has 2 aliphatic rings. The molecule has 0 aliphatic carbocycles. The van der Waals surface area contributed by atoms with E-state index in [1.54, 1.807) is 4.90 Å². The molecule has 8 nitrogen and oxygen atoms in total. The first-order valence-electron chi connectivity index (χ1n) is 8.44. The molecule has 2 aliphatic heterocycles. The standard InChI is InChI=1S/C17H23N3O5/c18-9-12-1-3-13(4-2-12)20-11-15(24-16(20)21)10-19-7-5-14(6-8-19)25-17(22)23/h1-4,14-15H,5-11,18H2,(H,22,23)/t15-/m0/s1. The molecular formula is C17H23N3O5. The van der Waals surface area contributed by atoms with Gasteiger partial charge in [-0.15, -0.1) is 0 Å². The summed E-state index contributed by atoms with van der Waals surface area (Å²) in [5, 5.41) is 8.66. The topological polar surface area (TPSA) is 105 Å². The number of hydrogen-bond acceptors (Lipinski definition) is 6. The third-order valence-electron chi connectivity index (χ3n) is 4.62. The van der Waals surface area contributed by atoms with Crippen molar-refractivity contribution in [3.8, 4) is 0 Å². The SMILES string of the molecule is NCc1ccc(N2C[C@H](CN3CCC(OC(=O)O)CC3)OC2=O)cc1. The van der Waals surface area contributed by atoms with Gasteiger partial charge in [0.1, 0.15) is 12.2 Å². The molecule has 0 saturated carbocycles. The maximum absolute atomic E-state index is 12.1. The van der Waals surface area contributed by atoms with Gasteiger partial charge in [-0.2, -0.15) is 0 Å². The van der Waals surface area contributed by atoms with Crippen molar-refractivity contribution in [1.29, 1.82) is 0 Å². The van der Waals surface area contributed by atoms with Crippen molar-refractivity contribution in [2.24, 2.45) is 5.73 Å². The lowest BCUT2D eigenvalue weighted by Gasteiger charge is -2.31. The number of nitrogens with zero attached hydrogens (tertiary/aromatic N) is 2. The first-order chi connectivity index (χ1) is 12.0. The van der Waals surface area contributed by atoms with Gasteiger partial charge >= 0.3 is 12.2 Å². The number of cyclic esters (lactones) is 1. The van der Waals surface area contributed by atoms with E-state index in [1.165, 1.54) is 0 Å². The van der Waals surface area contributed by atoms with Crippen molar-refractivity contribution >= 4 is 17.9 Å². The van der Waals surface area contributed by atoms with Crippen LogP contribution in [0.5, 0.6) is 0 Å². The number of rotatable bonds is 5. The number of likely N-dealkylation sites (tertiary alicyclic amines) is 1. The predicted molar refractivity (Wildman–Crippen MR) is 90.5 cm³/mol. The van der Waals surface area contributed by atoms with Crippen LogP contribution >= 0.6 is 0 Å². The van der Waals surface area contributed by atoms with Crippen LogP contribution < -0.4 is 10.6 Å². The van der Waals surface area contributed by atoms with E-state index in [4.69, 9.17) is 20.3 Å². The number of carboxylic acid groups (broad SMARTS) is 1. The van der Waals surface area contributed by atoms with Gasteiger partial charge in [-0.1, -0.05) is 12.1 Å². The van der Waals surface area contributed by atoms with Gasteiger partial charge in [0.2, 0.25) is 0 Å². The molecule has 3 N–H and O–H groups in total. The Morgan fingerprint density at radius 3 is 2.56 bits per heavy atom. The number of hydrogen-bond donors (Lipinski definition) is 2. The van der Waals surface area contributed by atoms with Gasteiger partial charge in [0.15, 0.2) is 0 Å². The highest BCUT2D eigenvalue weighted by Gasteiger charge is 2.34. The van der Waals surface area contributed by atoms with Gasteiger partial charge in [0, 0.05) is 31.9 Å². The lowest BCUT2D eigenvalue weighted by molar-refractivity contribution is 0.0125. The van der Waals surface area contributed by atoms with E-state index >= 15 is 0 Å². The van der Waals surface area contributed by atoms with Crippen LogP contribution in [0.4, 0.5) is 15.3 Å². The number of carbonyl (C=O) groups excluding carboxylic acids is 1. The highest BCUT2D eigenvalue weighted by molar-refractivity contribution is 5.89. The molecule has 3 rings (SSSR count). The van der Waals surface area contributed by atoms with E-state index in [1.807, 2.05) is 24.3 Å². The van der Waals surface area contributed by atoms with E-state index in [0.29, 0.717) is 32.5 Å². The fourth-order valence-corrected chi connectivity index (χ4v) is 3.28. The number of amides is 1. The quantitative estimate of drug-likeness (QED) is 0.778. The number of nitrogens with two attached hydrogens (primary N) is 1. The molecule has 136 valence electrons. The van der Waals surface area contributed by atoms with Gasteiger partial charge in [-0.05, 0) is 30.5 Å². The minimum Gasteiger partial charge on any atom is -0.450 e. The molecule has 1 amide bonds. The zero-order chi connectivity index (χ0) is 17.8. The number of benzene rings is 1. The van der Waals surface area contributed by atoms with E-state index in [9.17, 15) is 9.59 Å². The van der Waals surface area contributed by atoms with Crippen LogP contribution in [0.3, 0.4) is 0 Å². The maximum atomic E-state index is 12.1. The summed E-state index contributed by atoms with van der Waals surface area (Å²) in [7, 11) is 0. The van der Waals surface area contributed by atoms with Crippen LogP contribution in [-0.4, -0.2) is 60.6 Å². The molecule has 1 aromatic rings. The second-order valence-electron chi connectivity index (χ2n) is 6.37. The second-order valence-corrected chi connectivity index (χ2v) is 6.37. The Hall–Kier alpha value is -2.32. The summed E-state index contributed by atoms with van der Waals surface area (Å²) in [6, 6.07) is 7.56. The average molecular weight is 349 g/mol. The predicted octanol–water partition coefficient (Wildman–Crippen LogP) is 1.63. The first kappa shape index (κ1) is 17.5. The Kier molecular flexibility index (Phi) is 5.40. The number of ether oxygens (including phenoxy) is 2. The summed E-state index contributed by atoms with van der Waals surface area (Å²) in [6.07, 6.45) is -0.667. The fraction of sp³-hybridized carbons (Fsp3) is 0.529. The summed E-state index contributed by atoms with van der Waals surface area (Å²) in [5.41, 5.74) is 7.41. The molecule has 0 radical (unpaired) electrons. The smallest absolute Gasteiger partial charge is 0.450 e. The lowest BCUT2D eigenvalue weighted by Crippen LogP contribution is -2.42. The van der Waals surface area contributed by atoms with Crippen LogP contribution in [0, 0.1) is 0 Å². The minimum atomic E-state index is -1.22. The monoisotopic (exact) mass is 349 g/mol. The Morgan fingerprint density at radius 1 is 1.28 bits per heavy atom. The second kappa shape index (κ2) is 7.71. The minimum absolute atomic E-state index is 0.196. The van der Waals surface area contributed by atoms with Crippen LogP contribution in [0.1, 0.15) is 18.4 Å². The Labute approximate surface area is 146 Å². The highest BCUT2D eigenvalue weighted by Crippen LogP contribution is 2.23. The van der Waals surface area contributed by atoms with Crippen LogP contribution in [0.25, 0.3) is 0 Å². The molecule has 25 heavy (non-hydrogen) atoms. The summed E-state index contributed by atoms with van der Waals surface area (Å²) < 4.78 is 10.3. The van der Waals surface area contributed by atoms with Gasteiger partial charge < -0.3 is 20.3 Å². The molecular weight excluding hydrogens is 326 g/mol. The summed E-state index contributed by atoms with van der Waals surface area (Å²) in [5.74, 6) is 0. The molecule has 2 heterocycles. The molecule has 0 unspecified atom stereocenters. The van der Waals surface area contributed by atoms with Crippen LogP contribution in [-0.2, 0) is 16.0 Å². The number of anilines is 1. The van der Waals surface area contributed by atoms with Crippen LogP contribution in [0.15, 0.2) is 24.3 Å². The summed E-state index contributed by atoms with van der Waals surface area (Å²) in [4.78, 5) is 26.5. The lowest BCUT2D eigenvalue weighted by atomic mass is 10.1. The molecule has 8 heteroatoms. The van der Waals surface area contributed by atoms with Gasteiger partial charge in [-0.3, -0.25) is 9.80 Å². The van der Waals surface area contributed by atoms with Crippen molar-refractivity contribution in [2.75, 3.05) is 31.1 Å².